The molecule has 0 unspecified atom stereocenters. The summed E-state index contributed by atoms with van der Waals surface area (Å²) in [6.45, 7) is 2.83. The molecular formula is C13H13N3O2. The highest BCUT2D eigenvalue weighted by atomic mass is 16.7. The molecule has 0 spiro atoms. The van der Waals surface area contributed by atoms with E-state index in [0.717, 1.165) is 28.7 Å². The number of ether oxygens (including phenoxy) is 2. The molecule has 1 aliphatic heterocycles. The first-order valence-corrected chi connectivity index (χ1v) is 5.73. The molecule has 0 bridgehead atoms. The lowest BCUT2D eigenvalue weighted by Crippen LogP contribution is -2.03. The molecule has 0 saturated carbocycles. The summed E-state index contributed by atoms with van der Waals surface area (Å²) >= 11 is 0. The first-order valence-electron chi connectivity index (χ1n) is 5.73. The van der Waals surface area contributed by atoms with E-state index < -0.39 is 0 Å². The SMILES string of the molecule is Cc1nccc(CNc2ccc3c(c2)OCO3)n1. The second kappa shape index (κ2) is 4.52. The predicted octanol–water partition coefficient (Wildman–Crippen LogP) is 2.13. The quantitative estimate of drug-likeness (QED) is 0.894. The van der Waals surface area contributed by atoms with Crippen molar-refractivity contribution in [3.8, 4) is 11.5 Å². The number of hydrogen-bond acceptors (Lipinski definition) is 5. The van der Waals surface area contributed by atoms with E-state index in [2.05, 4.69) is 15.3 Å². The lowest BCUT2D eigenvalue weighted by molar-refractivity contribution is 0.174. The third-order valence-electron chi connectivity index (χ3n) is 2.68. The number of rotatable bonds is 3. The van der Waals surface area contributed by atoms with E-state index >= 15 is 0 Å². The number of benzene rings is 1. The molecule has 92 valence electrons. The maximum atomic E-state index is 5.32. The lowest BCUT2D eigenvalue weighted by atomic mass is 10.2. The van der Waals surface area contributed by atoms with Crippen LogP contribution in [0, 0.1) is 6.92 Å². The van der Waals surface area contributed by atoms with Crippen molar-refractivity contribution in [2.45, 2.75) is 13.5 Å². The second-order valence-electron chi connectivity index (χ2n) is 4.02. The van der Waals surface area contributed by atoms with Gasteiger partial charge >= 0.3 is 0 Å². The maximum Gasteiger partial charge on any atom is 0.231 e. The Morgan fingerprint density at radius 3 is 3.00 bits per heavy atom. The minimum atomic E-state index is 0.296. The largest absolute Gasteiger partial charge is 0.454 e. The Kier molecular flexibility index (Phi) is 2.72. The van der Waals surface area contributed by atoms with Crippen LogP contribution >= 0.6 is 0 Å². The van der Waals surface area contributed by atoms with Gasteiger partial charge in [0, 0.05) is 18.0 Å². The molecule has 1 N–H and O–H groups in total. The fourth-order valence-corrected chi connectivity index (χ4v) is 1.80. The monoisotopic (exact) mass is 243 g/mol. The van der Waals surface area contributed by atoms with Crippen LogP contribution in [0.15, 0.2) is 30.5 Å². The van der Waals surface area contributed by atoms with Crippen LogP contribution in [0.4, 0.5) is 5.69 Å². The molecule has 1 aromatic heterocycles. The smallest absolute Gasteiger partial charge is 0.231 e. The predicted molar refractivity (Wildman–Crippen MR) is 66.7 cm³/mol. The van der Waals surface area contributed by atoms with E-state index in [4.69, 9.17) is 9.47 Å². The van der Waals surface area contributed by atoms with Gasteiger partial charge in [-0.2, -0.15) is 0 Å². The molecule has 5 heteroatoms. The summed E-state index contributed by atoms with van der Waals surface area (Å²) in [6, 6.07) is 7.68. The molecule has 3 rings (SSSR count). The highest BCUT2D eigenvalue weighted by molar-refractivity contribution is 5.55. The molecule has 0 aliphatic carbocycles. The maximum absolute atomic E-state index is 5.32. The number of aromatic nitrogens is 2. The van der Waals surface area contributed by atoms with Crippen LogP contribution < -0.4 is 14.8 Å². The Bertz CT molecular complexity index is 572. The summed E-state index contributed by atoms with van der Waals surface area (Å²) in [7, 11) is 0. The second-order valence-corrected chi connectivity index (χ2v) is 4.02. The van der Waals surface area contributed by atoms with Gasteiger partial charge in [-0.3, -0.25) is 0 Å². The van der Waals surface area contributed by atoms with Crippen molar-refractivity contribution in [3.63, 3.8) is 0 Å². The number of fused-ring (bicyclic) bond motifs is 1. The van der Waals surface area contributed by atoms with Crippen LogP contribution in [0.5, 0.6) is 11.5 Å². The first-order chi connectivity index (χ1) is 8.81. The summed E-state index contributed by atoms with van der Waals surface area (Å²) in [4.78, 5) is 8.40. The Morgan fingerprint density at radius 1 is 1.22 bits per heavy atom. The van der Waals surface area contributed by atoms with Crippen molar-refractivity contribution in [1.29, 1.82) is 0 Å². The van der Waals surface area contributed by atoms with Gasteiger partial charge in [0.2, 0.25) is 6.79 Å². The molecular weight excluding hydrogens is 230 g/mol. The molecule has 18 heavy (non-hydrogen) atoms. The molecule has 0 radical (unpaired) electrons. The summed E-state index contributed by atoms with van der Waals surface area (Å²) in [5.41, 5.74) is 1.94. The van der Waals surface area contributed by atoms with Gasteiger partial charge in [-0.15, -0.1) is 0 Å². The van der Waals surface area contributed by atoms with Crippen molar-refractivity contribution < 1.29 is 9.47 Å². The molecule has 5 nitrogen and oxygen atoms in total. The first kappa shape index (κ1) is 10.8. The molecule has 0 amide bonds. The Morgan fingerprint density at radius 2 is 2.11 bits per heavy atom. The number of hydrogen-bond donors (Lipinski definition) is 1. The van der Waals surface area contributed by atoms with E-state index in [1.54, 1.807) is 6.20 Å². The Hall–Kier alpha value is -2.30. The van der Waals surface area contributed by atoms with Gasteiger partial charge in [0.1, 0.15) is 5.82 Å². The topological polar surface area (TPSA) is 56.3 Å². The third kappa shape index (κ3) is 2.20. The summed E-state index contributed by atoms with van der Waals surface area (Å²) in [6.07, 6.45) is 1.76. The van der Waals surface area contributed by atoms with Crippen LogP contribution in [0.2, 0.25) is 0 Å². The fraction of sp³-hybridized carbons (Fsp3) is 0.231. The van der Waals surface area contributed by atoms with Crippen LogP contribution in [-0.4, -0.2) is 16.8 Å². The molecule has 2 aromatic rings. The van der Waals surface area contributed by atoms with Crippen LogP contribution in [0.1, 0.15) is 11.5 Å². The number of anilines is 1. The van der Waals surface area contributed by atoms with Gasteiger partial charge in [-0.25, -0.2) is 9.97 Å². The lowest BCUT2D eigenvalue weighted by Gasteiger charge is -2.07. The molecule has 1 aromatic carbocycles. The molecule has 0 atom stereocenters. The molecule has 0 saturated heterocycles. The van der Waals surface area contributed by atoms with Crippen molar-refractivity contribution in [2.75, 3.05) is 12.1 Å². The molecule has 2 heterocycles. The Balaban J connectivity index is 1.70. The van der Waals surface area contributed by atoms with Crippen LogP contribution in [0.25, 0.3) is 0 Å². The standard InChI is InChI=1S/C13H13N3O2/c1-9-14-5-4-11(16-9)7-15-10-2-3-12-13(6-10)18-8-17-12/h2-6,15H,7-8H2,1H3. The fourth-order valence-electron chi connectivity index (χ4n) is 1.80. The van der Waals surface area contributed by atoms with Crippen LogP contribution in [0.3, 0.4) is 0 Å². The van der Waals surface area contributed by atoms with E-state index in [0.29, 0.717) is 13.3 Å². The van der Waals surface area contributed by atoms with Gasteiger partial charge in [-0.05, 0) is 25.1 Å². The van der Waals surface area contributed by atoms with E-state index in [-0.39, 0.29) is 0 Å². The van der Waals surface area contributed by atoms with E-state index in [1.807, 2.05) is 31.2 Å². The van der Waals surface area contributed by atoms with Gasteiger partial charge in [0.25, 0.3) is 0 Å². The normalized spacial score (nSPS) is 12.5. The minimum Gasteiger partial charge on any atom is -0.454 e. The Labute approximate surface area is 105 Å². The van der Waals surface area contributed by atoms with E-state index in [1.165, 1.54) is 0 Å². The van der Waals surface area contributed by atoms with Crippen molar-refractivity contribution in [1.82, 2.24) is 9.97 Å². The third-order valence-corrected chi connectivity index (χ3v) is 2.68. The highest BCUT2D eigenvalue weighted by Crippen LogP contribution is 2.34. The van der Waals surface area contributed by atoms with Gasteiger partial charge in [0.05, 0.1) is 12.2 Å². The summed E-state index contributed by atoms with van der Waals surface area (Å²) in [5.74, 6) is 2.34. The highest BCUT2D eigenvalue weighted by Gasteiger charge is 2.12. The average molecular weight is 243 g/mol. The number of aryl methyl sites for hydroxylation is 1. The van der Waals surface area contributed by atoms with Gasteiger partial charge in [0.15, 0.2) is 11.5 Å². The zero-order chi connectivity index (χ0) is 12.4. The van der Waals surface area contributed by atoms with Crippen LogP contribution in [-0.2, 0) is 6.54 Å². The van der Waals surface area contributed by atoms with Crippen molar-refractivity contribution in [3.05, 3.63) is 42.0 Å². The number of nitrogens with one attached hydrogen (secondary N) is 1. The summed E-state index contributed by atoms with van der Waals surface area (Å²) < 4.78 is 10.6. The van der Waals surface area contributed by atoms with E-state index in [9.17, 15) is 0 Å². The molecule has 1 aliphatic rings. The summed E-state index contributed by atoms with van der Waals surface area (Å²) in [5, 5.41) is 3.29. The average Bonchev–Trinajstić information content (AvgIpc) is 2.84. The zero-order valence-electron chi connectivity index (χ0n) is 10.0. The van der Waals surface area contributed by atoms with Crippen molar-refractivity contribution >= 4 is 5.69 Å². The van der Waals surface area contributed by atoms with Gasteiger partial charge in [-0.1, -0.05) is 0 Å². The minimum absolute atomic E-state index is 0.296. The van der Waals surface area contributed by atoms with Crippen molar-refractivity contribution in [2.24, 2.45) is 0 Å². The number of nitrogens with zero attached hydrogens (tertiary/aromatic N) is 2. The zero-order valence-corrected chi connectivity index (χ0v) is 10.0. The van der Waals surface area contributed by atoms with Gasteiger partial charge < -0.3 is 14.8 Å². The molecule has 0 fully saturated rings.